The molecule has 2 saturated carbocycles. The molecular formula is C34H62N4O4S2. The molecule has 0 aromatic rings. The SMILES string of the molecule is CC(C)(N=NC1CCC1)SCCOC(=O)CCCCCCCCCCCCCCC(=O)OCCSC(C)(C)N=NC1CCC1. The molecule has 2 aliphatic rings. The molecule has 0 aliphatic heterocycles. The third-order valence-electron chi connectivity index (χ3n) is 8.19. The summed E-state index contributed by atoms with van der Waals surface area (Å²) in [7, 11) is 0. The van der Waals surface area contributed by atoms with Gasteiger partial charge in [0.15, 0.2) is 0 Å². The first-order valence-corrected chi connectivity index (χ1v) is 19.6. The molecule has 44 heavy (non-hydrogen) atoms. The Balaban J connectivity index is 1.27. The smallest absolute Gasteiger partial charge is 0.305 e. The molecule has 0 bridgehead atoms. The first-order chi connectivity index (χ1) is 21.2. The normalized spacial score (nSPS) is 16.4. The molecule has 0 amide bonds. The topological polar surface area (TPSA) is 102 Å². The first-order valence-electron chi connectivity index (χ1n) is 17.6. The van der Waals surface area contributed by atoms with Crippen molar-refractivity contribution in [3.05, 3.63) is 0 Å². The second-order valence-corrected chi connectivity index (χ2v) is 16.8. The Morgan fingerprint density at radius 2 is 0.886 bits per heavy atom. The van der Waals surface area contributed by atoms with E-state index in [2.05, 4.69) is 48.2 Å². The molecule has 2 aliphatic carbocycles. The van der Waals surface area contributed by atoms with E-state index < -0.39 is 0 Å². The Morgan fingerprint density at radius 3 is 1.18 bits per heavy atom. The molecule has 0 saturated heterocycles. The van der Waals surface area contributed by atoms with Crippen LogP contribution in [0.2, 0.25) is 0 Å². The quantitative estimate of drug-likeness (QED) is 0.0496. The summed E-state index contributed by atoms with van der Waals surface area (Å²) in [4.78, 5) is 23.5. The van der Waals surface area contributed by atoms with E-state index in [1.807, 2.05) is 0 Å². The predicted molar refractivity (Wildman–Crippen MR) is 185 cm³/mol. The predicted octanol–water partition coefficient (Wildman–Crippen LogP) is 10.5. The van der Waals surface area contributed by atoms with E-state index in [-0.39, 0.29) is 21.7 Å². The van der Waals surface area contributed by atoms with Crippen LogP contribution in [0.15, 0.2) is 20.5 Å². The maximum absolute atomic E-state index is 12.0. The number of hydrogen-bond donors (Lipinski definition) is 0. The molecule has 0 N–H and O–H groups in total. The molecule has 0 atom stereocenters. The lowest BCUT2D eigenvalue weighted by atomic mass is 9.94. The van der Waals surface area contributed by atoms with Crippen LogP contribution in [0.1, 0.15) is 156 Å². The van der Waals surface area contributed by atoms with Crippen LogP contribution in [0.3, 0.4) is 0 Å². The Morgan fingerprint density at radius 1 is 0.568 bits per heavy atom. The Labute approximate surface area is 276 Å². The number of hydrogen-bond acceptors (Lipinski definition) is 10. The molecule has 0 aromatic heterocycles. The number of rotatable bonds is 27. The van der Waals surface area contributed by atoms with Gasteiger partial charge in [-0.1, -0.05) is 64.2 Å². The summed E-state index contributed by atoms with van der Waals surface area (Å²) in [5.41, 5.74) is 0. The van der Waals surface area contributed by atoms with Crippen LogP contribution in [0, 0.1) is 0 Å². The number of carbonyl (C=O) groups is 2. The standard InChI is InChI=1S/C34H62N4O4S2/c1-33(2,37-35-29-19-17-20-29)43-27-25-41-31(39)23-15-13-11-9-7-5-6-8-10-12-14-16-24-32(40)42-26-28-44-34(3,4)38-36-30-21-18-22-30/h29-30H,5-28H2,1-4H3. The summed E-state index contributed by atoms with van der Waals surface area (Å²) in [6.45, 7) is 9.18. The largest absolute Gasteiger partial charge is 0.465 e. The molecule has 0 unspecified atom stereocenters. The van der Waals surface area contributed by atoms with Gasteiger partial charge in [-0.3, -0.25) is 9.59 Å². The number of ether oxygens (including phenoxy) is 2. The van der Waals surface area contributed by atoms with Gasteiger partial charge in [-0.2, -0.15) is 20.5 Å². The zero-order valence-corrected chi connectivity index (χ0v) is 30.0. The van der Waals surface area contributed by atoms with E-state index in [0.717, 1.165) is 37.2 Å². The fraction of sp³-hybridized carbons (Fsp3) is 0.941. The minimum Gasteiger partial charge on any atom is -0.465 e. The maximum atomic E-state index is 12.0. The fourth-order valence-corrected chi connectivity index (χ4v) is 6.39. The average Bonchev–Trinajstić information content (AvgIpc) is 2.92. The maximum Gasteiger partial charge on any atom is 0.305 e. The van der Waals surface area contributed by atoms with Gasteiger partial charge in [0, 0.05) is 24.3 Å². The van der Waals surface area contributed by atoms with Gasteiger partial charge < -0.3 is 9.47 Å². The van der Waals surface area contributed by atoms with Crippen molar-refractivity contribution in [3.63, 3.8) is 0 Å². The van der Waals surface area contributed by atoms with Gasteiger partial charge in [0.1, 0.15) is 23.0 Å². The Kier molecular flexibility index (Phi) is 20.6. The van der Waals surface area contributed by atoms with E-state index in [0.29, 0.717) is 38.1 Å². The molecule has 0 heterocycles. The highest BCUT2D eigenvalue weighted by Gasteiger charge is 2.22. The third kappa shape index (κ3) is 20.8. The number of nitrogens with zero attached hydrogens (tertiary/aromatic N) is 4. The van der Waals surface area contributed by atoms with Crippen LogP contribution in [0.5, 0.6) is 0 Å². The van der Waals surface area contributed by atoms with E-state index in [4.69, 9.17) is 9.47 Å². The lowest BCUT2D eigenvalue weighted by molar-refractivity contribution is -0.144. The highest BCUT2D eigenvalue weighted by atomic mass is 32.2. The minimum atomic E-state index is -0.250. The highest BCUT2D eigenvalue weighted by Crippen LogP contribution is 2.30. The van der Waals surface area contributed by atoms with Crippen molar-refractivity contribution in [3.8, 4) is 0 Å². The van der Waals surface area contributed by atoms with Crippen LogP contribution in [0.4, 0.5) is 0 Å². The van der Waals surface area contributed by atoms with Gasteiger partial charge in [0.2, 0.25) is 0 Å². The summed E-state index contributed by atoms with van der Waals surface area (Å²) < 4.78 is 10.8. The number of unbranched alkanes of at least 4 members (excludes halogenated alkanes) is 11. The van der Waals surface area contributed by atoms with Crippen LogP contribution in [-0.2, 0) is 19.1 Å². The van der Waals surface area contributed by atoms with Crippen molar-refractivity contribution >= 4 is 35.5 Å². The fourth-order valence-electron chi connectivity index (χ4n) is 4.85. The molecule has 8 nitrogen and oxygen atoms in total. The van der Waals surface area contributed by atoms with E-state index >= 15 is 0 Å². The zero-order chi connectivity index (χ0) is 31.9. The summed E-state index contributed by atoms with van der Waals surface area (Å²) in [5, 5.41) is 17.8. The van der Waals surface area contributed by atoms with Crippen LogP contribution < -0.4 is 0 Å². The van der Waals surface area contributed by atoms with Crippen molar-refractivity contribution in [2.45, 2.75) is 178 Å². The van der Waals surface area contributed by atoms with Gasteiger partial charge in [0.05, 0.1) is 12.1 Å². The second kappa shape index (κ2) is 23.2. The Bertz CT molecular complexity index is 777. The van der Waals surface area contributed by atoms with Crippen molar-refractivity contribution in [2.24, 2.45) is 20.5 Å². The summed E-state index contributed by atoms with van der Waals surface area (Å²) >= 11 is 3.39. The third-order valence-corrected chi connectivity index (χ3v) is 10.5. The number of esters is 2. The minimum absolute atomic E-state index is 0.0758. The zero-order valence-electron chi connectivity index (χ0n) is 28.4. The number of carbonyl (C=O) groups excluding carboxylic acids is 2. The Hall–Kier alpha value is -1.16. The highest BCUT2D eigenvalue weighted by molar-refractivity contribution is 8.00. The van der Waals surface area contributed by atoms with Gasteiger partial charge in [0.25, 0.3) is 0 Å². The van der Waals surface area contributed by atoms with E-state index in [1.54, 1.807) is 23.5 Å². The van der Waals surface area contributed by atoms with Crippen molar-refractivity contribution in [1.82, 2.24) is 0 Å². The molecular weight excluding hydrogens is 593 g/mol. The van der Waals surface area contributed by atoms with Crippen molar-refractivity contribution in [2.75, 3.05) is 24.7 Å². The van der Waals surface area contributed by atoms with Crippen LogP contribution >= 0.6 is 23.5 Å². The number of thioether (sulfide) groups is 2. The summed E-state index contributed by atoms with van der Waals surface area (Å²) in [5.74, 6) is 1.36. The number of azo groups is 2. The molecule has 0 spiro atoms. The molecule has 0 radical (unpaired) electrons. The molecule has 2 fully saturated rings. The monoisotopic (exact) mass is 654 g/mol. The van der Waals surface area contributed by atoms with E-state index in [9.17, 15) is 9.59 Å². The van der Waals surface area contributed by atoms with Gasteiger partial charge in [-0.15, -0.1) is 23.5 Å². The second-order valence-electron chi connectivity index (χ2n) is 13.4. The molecule has 0 aromatic carbocycles. The summed E-state index contributed by atoms with van der Waals surface area (Å²) in [6, 6.07) is 0.858. The molecule has 2 rings (SSSR count). The molecule has 10 heteroatoms. The van der Waals surface area contributed by atoms with Crippen molar-refractivity contribution < 1.29 is 19.1 Å². The van der Waals surface area contributed by atoms with Crippen molar-refractivity contribution in [1.29, 1.82) is 0 Å². The van der Waals surface area contributed by atoms with E-state index in [1.165, 1.54) is 89.9 Å². The van der Waals surface area contributed by atoms with Gasteiger partial charge in [-0.05, 0) is 79.1 Å². The summed E-state index contributed by atoms with van der Waals surface area (Å²) in [6.07, 6.45) is 22.3. The van der Waals surface area contributed by atoms with Gasteiger partial charge in [-0.25, -0.2) is 0 Å². The first kappa shape index (κ1) is 39.0. The van der Waals surface area contributed by atoms with Gasteiger partial charge >= 0.3 is 11.9 Å². The van der Waals surface area contributed by atoms with Crippen LogP contribution in [0.25, 0.3) is 0 Å². The lowest BCUT2D eigenvalue weighted by Crippen LogP contribution is -2.18. The van der Waals surface area contributed by atoms with Crippen LogP contribution in [-0.4, -0.2) is 58.5 Å². The lowest BCUT2D eigenvalue weighted by Gasteiger charge is -2.23. The molecule has 254 valence electrons. The average molecular weight is 655 g/mol.